The Labute approximate surface area is 105 Å². The fourth-order valence-electron chi connectivity index (χ4n) is 1.85. The van der Waals surface area contributed by atoms with Crippen LogP contribution < -0.4 is 11.3 Å². The molecule has 2 heterocycles. The van der Waals surface area contributed by atoms with Crippen LogP contribution in [-0.2, 0) is 4.74 Å². The van der Waals surface area contributed by atoms with Gasteiger partial charge in [-0.15, -0.1) is 0 Å². The third-order valence-electron chi connectivity index (χ3n) is 2.86. The number of nitrogen functional groups attached to an aromatic ring is 1. The van der Waals surface area contributed by atoms with Gasteiger partial charge in [-0.3, -0.25) is 4.79 Å². The van der Waals surface area contributed by atoms with Gasteiger partial charge in [-0.05, 0) is 12.1 Å². The van der Waals surface area contributed by atoms with E-state index in [1.807, 2.05) is 0 Å². The third-order valence-corrected chi connectivity index (χ3v) is 2.86. The smallest absolute Gasteiger partial charge is 0.255 e. The van der Waals surface area contributed by atoms with Crippen LogP contribution in [0.25, 0.3) is 0 Å². The number of ether oxygens (including phenoxy) is 1. The molecule has 18 heavy (non-hydrogen) atoms. The summed E-state index contributed by atoms with van der Waals surface area (Å²) in [6, 6.07) is 2.98. The van der Waals surface area contributed by atoms with Crippen molar-refractivity contribution in [2.45, 2.75) is 6.04 Å². The Morgan fingerprint density at radius 2 is 2.50 bits per heavy atom. The molecule has 4 N–H and O–H groups in total. The highest BCUT2D eigenvalue weighted by Gasteiger charge is 2.27. The van der Waals surface area contributed by atoms with E-state index in [-0.39, 0.29) is 18.6 Å². The molecule has 0 aromatic carbocycles. The molecule has 7 heteroatoms. The first-order valence-electron chi connectivity index (χ1n) is 5.68. The first-order valence-corrected chi connectivity index (χ1v) is 5.68. The van der Waals surface area contributed by atoms with Crippen molar-refractivity contribution in [2.75, 3.05) is 31.8 Å². The number of hydrogen-bond donors (Lipinski definition) is 3. The monoisotopic (exact) mass is 252 g/mol. The molecule has 0 radical (unpaired) electrons. The molecule has 7 nitrogen and oxygen atoms in total. The van der Waals surface area contributed by atoms with E-state index in [9.17, 15) is 9.90 Å². The summed E-state index contributed by atoms with van der Waals surface area (Å²) in [6.07, 6.45) is 1.46. The van der Waals surface area contributed by atoms with Gasteiger partial charge in [0, 0.05) is 12.7 Å². The second kappa shape index (κ2) is 5.76. The Kier molecular flexibility index (Phi) is 4.08. The van der Waals surface area contributed by atoms with E-state index in [1.54, 1.807) is 17.0 Å². The number of aromatic nitrogens is 1. The summed E-state index contributed by atoms with van der Waals surface area (Å²) in [5.41, 5.74) is 2.86. The van der Waals surface area contributed by atoms with Crippen molar-refractivity contribution in [1.82, 2.24) is 9.88 Å². The summed E-state index contributed by atoms with van der Waals surface area (Å²) >= 11 is 0. The number of anilines is 1. The molecule has 0 saturated carbocycles. The molecule has 1 unspecified atom stereocenters. The second-order valence-electron chi connectivity index (χ2n) is 3.99. The highest BCUT2D eigenvalue weighted by atomic mass is 16.5. The number of nitrogens with one attached hydrogen (secondary N) is 1. The minimum Gasteiger partial charge on any atom is -0.394 e. The van der Waals surface area contributed by atoms with Gasteiger partial charge in [0.1, 0.15) is 5.82 Å². The number of carbonyl (C=O) groups excluding carboxylic acids is 1. The minimum atomic E-state index is -0.293. The maximum atomic E-state index is 12.2. The number of rotatable bonds is 3. The topological polar surface area (TPSA) is 101 Å². The van der Waals surface area contributed by atoms with Gasteiger partial charge in [0.2, 0.25) is 0 Å². The number of nitrogens with zero attached hydrogens (tertiary/aromatic N) is 2. The number of aliphatic hydroxyl groups is 1. The van der Waals surface area contributed by atoms with Crippen LogP contribution in [-0.4, -0.2) is 53.3 Å². The zero-order valence-corrected chi connectivity index (χ0v) is 9.87. The number of hydrogen-bond acceptors (Lipinski definition) is 6. The molecular weight excluding hydrogens is 236 g/mol. The van der Waals surface area contributed by atoms with E-state index in [2.05, 4.69) is 10.4 Å². The molecule has 1 saturated heterocycles. The summed E-state index contributed by atoms with van der Waals surface area (Å²) in [7, 11) is 0. The molecule has 1 aromatic heterocycles. The standard InChI is InChI=1S/C11H16N4O3/c12-14-10-2-1-8(5-13-10)11(17)15-3-4-18-7-9(15)6-16/h1-2,5,9,16H,3-4,6-7,12H2,(H,13,14). The summed E-state index contributed by atoms with van der Waals surface area (Å²) < 4.78 is 5.23. The number of pyridine rings is 1. The van der Waals surface area contributed by atoms with Crippen molar-refractivity contribution < 1.29 is 14.6 Å². The number of carbonyl (C=O) groups is 1. The maximum Gasteiger partial charge on any atom is 0.255 e. The Bertz CT molecular complexity index is 409. The van der Waals surface area contributed by atoms with Crippen LogP contribution in [0, 0.1) is 0 Å². The minimum absolute atomic E-state index is 0.110. The number of nitrogens with two attached hydrogens (primary N) is 1. The normalized spacial score (nSPS) is 19.7. The van der Waals surface area contributed by atoms with Crippen LogP contribution in [0.3, 0.4) is 0 Å². The highest BCUT2D eigenvalue weighted by Crippen LogP contribution is 2.13. The Balaban J connectivity index is 2.13. The molecule has 1 aliphatic rings. The van der Waals surface area contributed by atoms with Crippen molar-refractivity contribution in [1.29, 1.82) is 0 Å². The molecule has 0 spiro atoms. The molecule has 1 fully saturated rings. The van der Waals surface area contributed by atoms with Crippen molar-refractivity contribution in [3.8, 4) is 0 Å². The van der Waals surface area contributed by atoms with E-state index >= 15 is 0 Å². The summed E-state index contributed by atoms with van der Waals surface area (Å²) in [5.74, 6) is 5.54. The maximum absolute atomic E-state index is 12.2. The van der Waals surface area contributed by atoms with Crippen LogP contribution in [0.5, 0.6) is 0 Å². The van der Waals surface area contributed by atoms with E-state index in [4.69, 9.17) is 10.6 Å². The molecule has 1 aliphatic heterocycles. The Morgan fingerprint density at radius 1 is 1.67 bits per heavy atom. The fourth-order valence-corrected chi connectivity index (χ4v) is 1.85. The van der Waals surface area contributed by atoms with Gasteiger partial charge in [0.15, 0.2) is 0 Å². The Morgan fingerprint density at radius 3 is 3.11 bits per heavy atom. The molecule has 0 bridgehead atoms. The van der Waals surface area contributed by atoms with Crippen molar-refractivity contribution in [3.63, 3.8) is 0 Å². The summed E-state index contributed by atoms with van der Waals surface area (Å²) in [6.45, 7) is 1.21. The van der Waals surface area contributed by atoms with Crippen LogP contribution in [0.2, 0.25) is 0 Å². The average Bonchev–Trinajstić information content (AvgIpc) is 2.46. The van der Waals surface area contributed by atoms with E-state index in [0.29, 0.717) is 31.1 Å². The number of hydrazine groups is 1. The lowest BCUT2D eigenvalue weighted by molar-refractivity contribution is -0.0184. The predicted molar refractivity (Wildman–Crippen MR) is 64.8 cm³/mol. The third kappa shape index (κ3) is 2.58. The molecule has 2 rings (SSSR count). The van der Waals surface area contributed by atoms with Crippen LogP contribution in [0.1, 0.15) is 10.4 Å². The first kappa shape index (κ1) is 12.7. The molecular formula is C11H16N4O3. The zero-order valence-electron chi connectivity index (χ0n) is 9.87. The summed E-state index contributed by atoms with van der Waals surface area (Å²) in [5, 5.41) is 9.22. The quantitative estimate of drug-likeness (QED) is 0.481. The summed E-state index contributed by atoms with van der Waals surface area (Å²) in [4.78, 5) is 17.8. The van der Waals surface area contributed by atoms with Gasteiger partial charge in [-0.1, -0.05) is 0 Å². The first-order chi connectivity index (χ1) is 8.76. The second-order valence-corrected chi connectivity index (χ2v) is 3.99. The predicted octanol–water partition coefficient (Wildman–Crippen LogP) is -0.799. The van der Waals surface area contributed by atoms with Crippen molar-refractivity contribution >= 4 is 11.7 Å². The van der Waals surface area contributed by atoms with E-state index in [1.165, 1.54) is 6.20 Å². The fraction of sp³-hybridized carbons (Fsp3) is 0.455. The zero-order chi connectivity index (χ0) is 13.0. The van der Waals surface area contributed by atoms with Gasteiger partial charge in [-0.25, -0.2) is 10.8 Å². The Hall–Kier alpha value is -1.70. The van der Waals surface area contributed by atoms with Crippen LogP contribution >= 0.6 is 0 Å². The number of morpholine rings is 1. The number of aliphatic hydroxyl groups excluding tert-OH is 1. The van der Waals surface area contributed by atoms with Gasteiger partial charge in [0.25, 0.3) is 5.91 Å². The van der Waals surface area contributed by atoms with Gasteiger partial charge in [0.05, 0.1) is 31.4 Å². The number of amides is 1. The molecule has 98 valence electrons. The molecule has 1 amide bonds. The SMILES string of the molecule is NNc1ccc(C(=O)N2CCOCC2CO)cn1. The van der Waals surface area contributed by atoms with Gasteiger partial charge < -0.3 is 20.2 Å². The lowest BCUT2D eigenvalue weighted by Gasteiger charge is -2.34. The lowest BCUT2D eigenvalue weighted by atomic mass is 10.2. The van der Waals surface area contributed by atoms with Crippen LogP contribution in [0.15, 0.2) is 18.3 Å². The lowest BCUT2D eigenvalue weighted by Crippen LogP contribution is -2.50. The van der Waals surface area contributed by atoms with Crippen molar-refractivity contribution in [3.05, 3.63) is 23.9 Å². The largest absolute Gasteiger partial charge is 0.394 e. The van der Waals surface area contributed by atoms with Gasteiger partial charge in [-0.2, -0.15) is 0 Å². The van der Waals surface area contributed by atoms with Crippen LogP contribution in [0.4, 0.5) is 5.82 Å². The molecule has 1 aromatic rings. The van der Waals surface area contributed by atoms with E-state index in [0.717, 1.165) is 0 Å². The average molecular weight is 252 g/mol. The molecule has 1 atom stereocenters. The van der Waals surface area contributed by atoms with Crippen molar-refractivity contribution in [2.24, 2.45) is 5.84 Å². The van der Waals surface area contributed by atoms with Gasteiger partial charge >= 0.3 is 0 Å². The van der Waals surface area contributed by atoms with E-state index < -0.39 is 0 Å². The molecule has 0 aliphatic carbocycles. The highest BCUT2D eigenvalue weighted by molar-refractivity contribution is 5.94.